The summed E-state index contributed by atoms with van der Waals surface area (Å²) in [6.07, 6.45) is 6.26. The fourth-order valence-corrected chi connectivity index (χ4v) is 2.85. The number of amides is 1. The first-order valence-corrected chi connectivity index (χ1v) is 7.36. The van der Waals surface area contributed by atoms with Gasteiger partial charge in [-0.2, -0.15) is 0 Å². The van der Waals surface area contributed by atoms with Crippen molar-refractivity contribution in [3.05, 3.63) is 23.9 Å². The molecule has 0 saturated heterocycles. The van der Waals surface area contributed by atoms with E-state index in [2.05, 4.69) is 24.3 Å². The number of carbonyl (C=O) groups excluding carboxylic acids is 1. The van der Waals surface area contributed by atoms with Crippen LogP contribution in [0.2, 0.25) is 0 Å². The average Bonchev–Trinajstić information content (AvgIpc) is 2.97. The number of hydrazine groups is 1. The van der Waals surface area contributed by atoms with E-state index in [-0.39, 0.29) is 5.91 Å². The molecule has 1 saturated carbocycles. The van der Waals surface area contributed by atoms with Gasteiger partial charge in [0.2, 0.25) is 0 Å². The largest absolute Gasteiger partial charge is 0.335 e. The predicted molar refractivity (Wildman–Crippen MR) is 80.2 cm³/mol. The molecule has 0 radical (unpaired) electrons. The Balaban J connectivity index is 2.25. The average molecular weight is 276 g/mol. The third-order valence-corrected chi connectivity index (χ3v) is 3.76. The van der Waals surface area contributed by atoms with E-state index in [9.17, 15) is 4.79 Å². The van der Waals surface area contributed by atoms with Crippen LogP contribution in [0, 0.1) is 5.92 Å². The van der Waals surface area contributed by atoms with Gasteiger partial charge in [0.15, 0.2) is 5.82 Å². The molecule has 5 heteroatoms. The lowest BCUT2D eigenvalue weighted by Crippen LogP contribution is -2.41. The number of hydrogen-bond donors (Lipinski definition) is 2. The highest BCUT2D eigenvalue weighted by Crippen LogP contribution is 2.26. The van der Waals surface area contributed by atoms with Gasteiger partial charge in [-0.05, 0) is 30.9 Å². The third kappa shape index (κ3) is 3.28. The fourth-order valence-electron chi connectivity index (χ4n) is 2.85. The molecule has 1 fully saturated rings. The van der Waals surface area contributed by atoms with E-state index >= 15 is 0 Å². The van der Waals surface area contributed by atoms with E-state index in [1.165, 1.54) is 12.8 Å². The summed E-state index contributed by atoms with van der Waals surface area (Å²) in [5, 5.41) is 0. The Kier molecular flexibility index (Phi) is 4.95. The molecule has 5 nitrogen and oxygen atoms in total. The van der Waals surface area contributed by atoms with E-state index in [1.807, 2.05) is 4.90 Å². The monoisotopic (exact) mass is 276 g/mol. The number of rotatable bonds is 5. The highest BCUT2D eigenvalue weighted by atomic mass is 16.2. The van der Waals surface area contributed by atoms with Crippen molar-refractivity contribution in [2.45, 2.75) is 45.6 Å². The quantitative estimate of drug-likeness (QED) is 0.640. The summed E-state index contributed by atoms with van der Waals surface area (Å²) in [5.41, 5.74) is 3.07. The van der Waals surface area contributed by atoms with Gasteiger partial charge in [-0.25, -0.2) is 10.8 Å². The molecule has 110 valence electrons. The van der Waals surface area contributed by atoms with Gasteiger partial charge in [-0.1, -0.05) is 26.7 Å². The molecule has 1 aromatic heterocycles. The van der Waals surface area contributed by atoms with Crippen LogP contribution in [0.4, 0.5) is 5.82 Å². The van der Waals surface area contributed by atoms with Crippen LogP contribution in [0.25, 0.3) is 0 Å². The van der Waals surface area contributed by atoms with Crippen LogP contribution in [0.5, 0.6) is 0 Å². The summed E-state index contributed by atoms with van der Waals surface area (Å²) >= 11 is 0. The Morgan fingerprint density at radius 3 is 2.80 bits per heavy atom. The van der Waals surface area contributed by atoms with E-state index in [0.29, 0.717) is 23.3 Å². The standard InChI is InChI=1S/C15H24N4O/c1-11(2)10-19(12-6-3-4-7-12)15(20)13-8-5-9-17-14(13)18-16/h5,8-9,11-12H,3-4,6-7,10,16H2,1-2H3,(H,17,18). The summed E-state index contributed by atoms with van der Waals surface area (Å²) in [5.74, 6) is 6.39. The molecular formula is C15H24N4O. The Morgan fingerprint density at radius 1 is 1.50 bits per heavy atom. The van der Waals surface area contributed by atoms with Gasteiger partial charge in [0.25, 0.3) is 5.91 Å². The highest BCUT2D eigenvalue weighted by Gasteiger charge is 2.29. The molecule has 0 bridgehead atoms. The zero-order valence-electron chi connectivity index (χ0n) is 12.3. The Hall–Kier alpha value is -1.62. The number of nitrogens with two attached hydrogens (primary N) is 1. The first kappa shape index (κ1) is 14.8. The normalized spacial score (nSPS) is 15.6. The smallest absolute Gasteiger partial charge is 0.257 e. The molecule has 2 rings (SSSR count). The van der Waals surface area contributed by atoms with Crippen LogP contribution in [0.1, 0.15) is 49.9 Å². The number of hydrogen-bond acceptors (Lipinski definition) is 4. The number of aromatic nitrogens is 1. The van der Waals surface area contributed by atoms with Crippen LogP contribution in [-0.2, 0) is 0 Å². The Bertz CT molecular complexity index is 455. The number of carbonyl (C=O) groups is 1. The van der Waals surface area contributed by atoms with Crippen molar-refractivity contribution in [1.82, 2.24) is 9.88 Å². The summed E-state index contributed by atoms with van der Waals surface area (Å²) in [7, 11) is 0. The Labute approximate surface area is 120 Å². The van der Waals surface area contributed by atoms with Crippen LogP contribution >= 0.6 is 0 Å². The maximum absolute atomic E-state index is 12.8. The van der Waals surface area contributed by atoms with Gasteiger partial charge < -0.3 is 10.3 Å². The predicted octanol–water partition coefficient (Wildman–Crippen LogP) is 2.41. The fraction of sp³-hybridized carbons (Fsp3) is 0.600. The number of pyridine rings is 1. The lowest BCUT2D eigenvalue weighted by Gasteiger charge is -2.31. The van der Waals surface area contributed by atoms with Gasteiger partial charge in [0.1, 0.15) is 0 Å². The van der Waals surface area contributed by atoms with Crippen molar-refractivity contribution >= 4 is 11.7 Å². The number of nitrogens with zero attached hydrogens (tertiary/aromatic N) is 2. The minimum absolute atomic E-state index is 0.0339. The first-order valence-electron chi connectivity index (χ1n) is 7.36. The molecule has 0 atom stereocenters. The van der Waals surface area contributed by atoms with E-state index in [0.717, 1.165) is 19.4 Å². The highest BCUT2D eigenvalue weighted by molar-refractivity contribution is 5.98. The van der Waals surface area contributed by atoms with Crippen LogP contribution in [0.3, 0.4) is 0 Å². The lowest BCUT2D eigenvalue weighted by atomic mass is 10.1. The molecule has 0 aromatic carbocycles. The number of nitrogens with one attached hydrogen (secondary N) is 1. The van der Waals surface area contributed by atoms with Crippen molar-refractivity contribution in [1.29, 1.82) is 0 Å². The molecule has 1 heterocycles. The summed E-state index contributed by atoms with van der Waals surface area (Å²) in [6.45, 7) is 5.06. The second-order valence-electron chi connectivity index (χ2n) is 5.83. The summed E-state index contributed by atoms with van der Waals surface area (Å²) < 4.78 is 0. The molecule has 1 amide bonds. The SMILES string of the molecule is CC(C)CN(C(=O)c1cccnc1NN)C1CCCC1. The third-order valence-electron chi connectivity index (χ3n) is 3.76. The summed E-state index contributed by atoms with van der Waals surface area (Å²) in [6, 6.07) is 3.92. The van der Waals surface area contributed by atoms with E-state index in [1.54, 1.807) is 18.3 Å². The van der Waals surface area contributed by atoms with Crippen molar-refractivity contribution < 1.29 is 4.79 Å². The molecule has 0 unspecified atom stereocenters. The zero-order chi connectivity index (χ0) is 14.5. The molecule has 0 spiro atoms. The van der Waals surface area contributed by atoms with Crippen LogP contribution < -0.4 is 11.3 Å². The number of nitrogen functional groups attached to an aromatic ring is 1. The molecule has 20 heavy (non-hydrogen) atoms. The van der Waals surface area contributed by atoms with Crippen LogP contribution in [-0.4, -0.2) is 28.4 Å². The number of anilines is 1. The summed E-state index contributed by atoms with van der Waals surface area (Å²) in [4.78, 5) is 19.0. The van der Waals surface area contributed by atoms with Gasteiger partial charge in [0.05, 0.1) is 5.56 Å². The second kappa shape index (κ2) is 6.70. The maximum Gasteiger partial charge on any atom is 0.257 e. The molecule has 3 N–H and O–H groups in total. The lowest BCUT2D eigenvalue weighted by molar-refractivity contribution is 0.0656. The maximum atomic E-state index is 12.8. The topological polar surface area (TPSA) is 71.2 Å². The van der Waals surface area contributed by atoms with Crippen molar-refractivity contribution in [3.8, 4) is 0 Å². The molecule has 0 aliphatic heterocycles. The molecular weight excluding hydrogens is 252 g/mol. The molecule has 1 aromatic rings. The van der Waals surface area contributed by atoms with Gasteiger partial charge in [-0.15, -0.1) is 0 Å². The molecule has 1 aliphatic carbocycles. The zero-order valence-corrected chi connectivity index (χ0v) is 12.3. The van der Waals surface area contributed by atoms with Crippen LogP contribution in [0.15, 0.2) is 18.3 Å². The minimum Gasteiger partial charge on any atom is -0.335 e. The minimum atomic E-state index is 0.0339. The van der Waals surface area contributed by atoms with Crippen molar-refractivity contribution in [2.24, 2.45) is 11.8 Å². The van der Waals surface area contributed by atoms with E-state index in [4.69, 9.17) is 5.84 Å². The van der Waals surface area contributed by atoms with Gasteiger partial charge >= 0.3 is 0 Å². The molecule has 1 aliphatic rings. The second-order valence-corrected chi connectivity index (χ2v) is 5.83. The van der Waals surface area contributed by atoms with Gasteiger partial charge in [-0.3, -0.25) is 4.79 Å². The van der Waals surface area contributed by atoms with Crippen molar-refractivity contribution in [2.75, 3.05) is 12.0 Å². The van der Waals surface area contributed by atoms with Gasteiger partial charge in [0, 0.05) is 18.8 Å². The first-order chi connectivity index (χ1) is 9.63. The Morgan fingerprint density at radius 2 is 2.20 bits per heavy atom. The van der Waals surface area contributed by atoms with Crippen molar-refractivity contribution in [3.63, 3.8) is 0 Å². The van der Waals surface area contributed by atoms with E-state index < -0.39 is 0 Å².